The van der Waals surface area contributed by atoms with E-state index in [-0.39, 0.29) is 5.41 Å². The summed E-state index contributed by atoms with van der Waals surface area (Å²) in [5, 5.41) is 11.0. The molecular weight excluding hydrogens is 306 g/mol. The van der Waals surface area contributed by atoms with Crippen molar-refractivity contribution in [1.29, 1.82) is 0 Å². The summed E-state index contributed by atoms with van der Waals surface area (Å²) in [6.07, 6.45) is 12.7. The Morgan fingerprint density at radius 3 is 2.72 bits per heavy atom. The quantitative estimate of drug-likeness (QED) is 0.721. The first-order chi connectivity index (χ1) is 11.9. The monoisotopic (exact) mass is 337 g/mol. The van der Waals surface area contributed by atoms with Gasteiger partial charge in [0.2, 0.25) is 0 Å². The first-order valence-electron chi connectivity index (χ1n) is 10.2. The lowest BCUT2D eigenvalue weighted by Crippen LogP contribution is -2.53. The molecule has 0 amide bonds. The Balaban J connectivity index is 1.57. The van der Waals surface area contributed by atoms with Crippen LogP contribution in [0.1, 0.15) is 70.6 Å². The number of aromatic nitrogens is 1. The van der Waals surface area contributed by atoms with Crippen molar-refractivity contribution in [3.8, 4) is 0 Å². The summed E-state index contributed by atoms with van der Waals surface area (Å²) in [5.41, 5.74) is 4.24. The van der Waals surface area contributed by atoms with E-state index >= 15 is 0 Å². The third kappa shape index (κ3) is 1.92. The highest BCUT2D eigenvalue weighted by atomic mass is 16.3. The third-order valence-electron chi connectivity index (χ3n) is 9.09. The Hall–Kier alpha value is -1.15. The number of rotatable bonds is 0. The SMILES string of the molecule is C[C@]12CCc3ncccc3C1=CC[C@@H]1[C@@H]2CC[C@@]2(C)[C@H]1CC[C@]2(C)O. The van der Waals surface area contributed by atoms with E-state index in [1.54, 1.807) is 5.57 Å². The minimum atomic E-state index is -0.476. The lowest BCUT2D eigenvalue weighted by Gasteiger charge is -2.58. The zero-order chi connectivity index (χ0) is 17.4. The molecule has 0 aromatic carbocycles. The summed E-state index contributed by atoms with van der Waals surface area (Å²) in [4.78, 5) is 4.65. The smallest absolute Gasteiger partial charge is 0.0675 e. The van der Waals surface area contributed by atoms with Gasteiger partial charge in [-0.3, -0.25) is 4.98 Å². The fourth-order valence-electron chi connectivity index (χ4n) is 7.34. The van der Waals surface area contributed by atoms with E-state index in [0.717, 1.165) is 24.7 Å². The van der Waals surface area contributed by atoms with Gasteiger partial charge in [-0.05, 0) is 97.7 Å². The number of pyridine rings is 1. The second-order valence-corrected chi connectivity index (χ2v) is 9.91. The standard InChI is InChI=1S/C23H31NO/c1-21-11-10-20-16(5-4-14-24-20)17(21)7-6-15-18(21)8-12-22(2)19(15)9-13-23(22,3)25/h4-5,7,14-15,18-19,25H,6,8-13H2,1-3H3/t15-,18+,19+,21+,22+,23+/m1/s1. The first-order valence-corrected chi connectivity index (χ1v) is 10.2. The maximum atomic E-state index is 11.0. The number of hydrogen-bond acceptors (Lipinski definition) is 2. The largest absolute Gasteiger partial charge is 0.390 e. The van der Waals surface area contributed by atoms with Crippen LogP contribution in [0.4, 0.5) is 0 Å². The molecule has 6 atom stereocenters. The molecule has 0 unspecified atom stereocenters. The highest BCUT2D eigenvalue weighted by Crippen LogP contribution is 2.67. The number of nitrogens with zero attached hydrogens (tertiary/aromatic N) is 1. The molecule has 2 heteroatoms. The summed E-state index contributed by atoms with van der Waals surface area (Å²) in [6.45, 7) is 7.01. The maximum absolute atomic E-state index is 11.0. The van der Waals surface area contributed by atoms with Crippen molar-refractivity contribution in [1.82, 2.24) is 4.98 Å². The van der Waals surface area contributed by atoms with Gasteiger partial charge >= 0.3 is 0 Å². The third-order valence-corrected chi connectivity index (χ3v) is 9.09. The Morgan fingerprint density at radius 1 is 1.08 bits per heavy atom. The molecule has 0 saturated heterocycles. The van der Waals surface area contributed by atoms with Crippen LogP contribution in [-0.4, -0.2) is 15.7 Å². The molecule has 0 spiro atoms. The summed E-state index contributed by atoms with van der Waals surface area (Å²) >= 11 is 0. The fraction of sp³-hybridized carbons (Fsp3) is 0.696. The van der Waals surface area contributed by atoms with E-state index in [1.807, 2.05) is 6.20 Å². The number of aliphatic hydroxyl groups is 1. The van der Waals surface area contributed by atoms with Crippen LogP contribution in [0.5, 0.6) is 0 Å². The highest BCUT2D eigenvalue weighted by molar-refractivity contribution is 5.74. The second kappa shape index (κ2) is 4.97. The van der Waals surface area contributed by atoms with E-state index < -0.39 is 5.60 Å². The zero-order valence-corrected chi connectivity index (χ0v) is 15.9. The van der Waals surface area contributed by atoms with Gasteiger partial charge < -0.3 is 5.11 Å². The van der Waals surface area contributed by atoms with Crippen LogP contribution in [0, 0.1) is 28.6 Å². The van der Waals surface area contributed by atoms with Crippen molar-refractivity contribution < 1.29 is 5.11 Å². The van der Waals surface area contributed by atoms with Crippen molar-refractivity contribution in [3.05, 3.63) is 35.7 Å². The van der Waals surface area contributed by atoms with E-state index in [0.29, 0.717) is 11.3 Å². The molecule has 4 aliphatic carbocycles. The van der Waals surface area contributed by atoms with E-state index in [1.165, 1.54) is 43.4 Å². The van der Waals surface area contributed by atoms with Crippen molar-refractivity contribution in [2.45, 2.75) is 71.3 Å². The second-order valence-electron chi connectivity index (χ2n) is 9.91. The molecule has 2 fully saturated rings. The van der Waals surface area contributed by atoms with Crippen LogP contribution >= 0.6 is 0 Å². The Bertz CT molecular complexity index is 750. The van der Waals surface area contributed by atoms with Gasteiger partial charge in [0, 0.05) is 11.9 Å². The van der Waals surface area contributed by atoms with Gasteiger partial charge in [-0.2, -0.15) is 0 Å². The van der Waals surface area contributed by atoms with Crippen molar-refractivity contribution in [2.75, 3.05) is 0 Å². The highest BCUT2D eigenvalue weighted by Gasteiger charge is 2.62. The number of hydrogen-bond donors (Lipinski definition) is 1. The van der Waals surface area contributed by atoms with Crippen LogP contribution in [0.3, 0.4) is 0 Å². The Kier molecular flexibility index (Phi) is 3.19. The molecule has 25 heavy (non-hydrogen) atoms. The minimum absolute atomic E-state index is 0.115. The fourth-order valence-corrected chi connectivity index (χ4v) is 7.34. The molecule has 2 saturated carbocycles. The predicted molar refractivity (Wildman–Crippen MR) is 101 cm³/mol. The van der Waals surface area contributed by atoms with Gasteiger partial charge in [-0.1, -0.05) is 26.0 Å². The van der Waals surface area contributed by atoms with Crippen LogP contribution in [0.15, 0.2) is 24.4 Å². The summed E-state index contributed by atoms with van der Waals surface area (Å²) in [7, 11) is 0. The molecule has 2 nitrogen and oxygen atoms in total. The van der Waals surface area contributed by atoms with Gasteiger partial charge in [0.25, 0.3) is 0 Å². The number of fused-ring (bicyclic) bond motifs is 7. The molecule has 4 aliphatic rings. The summed E-state index contributed by atoms with van der Waals surface area (Å²) in [5.74, 6) is 2.21. The molecule has 1 heterocycles. The normalized spacial score (nSPS) is 48.0. The lowest BCUT2D eigenvalue weighted by molar-refractivity contribution is -0.109. The summed E-state index contributed by atoms with van der Waals surface area (Å²) < 4.78 is 0. The number of aryl methyl sites for hydroxylation is 1. The maximum Gasteiger partial charge on any atom is 0.0675 e. The molecular formula is C23H31NO. The van der Waals surface area contributed by atoms with Crippen LogP contribution in [-0.2, 0) is 6.42 Å². The molecule has 0 bridgehead atoms. The van der Waals surface area contributed by atoms with Gasteiger partial charge in [0.1, 0.15) is 0 Å². The van der Waals surface area contributed by atoms with Gasteiger partial charge in [0.15, 0.2) is 0 Å². The van der Waals surface area contributed by atoms with Crippen molar-refractivity contribution in [3.63, 3.8) is 0 Å². The molecule has 0 radical (unpaired) electrons. The van der Waals surface area contributed by atoms with Gasteiger partial charge in [-0.25, -0.2) is 0 Å². The Morgan fingerprint density at radius 2 is 1.88 bits per heavy atom. The van der Waals surface area contributed by atoms with E-state index in [2.05, 4.69) is 44.0 Å². The average Bonchev–Trinajstić information content (AvgIpc) is 2.84. The van der Waals surface area contributed by atoms with Gasteiger partial charge in [-0.15, -0.1) is 0 Å². The predicted octanol–water partition coefficient (Wildman–Crippen LogP) is 5.01. The zero-order valence-electron chi connectivity index (χ0n) is 15.9. The molecule has 134 valence electrons. The van der Waals surface area contributed by atoms with Crippen LogP contribution < -0.4 is 0 Å². The lowest BCUT2D eigenvalue weighted by atomic mass is 9.47. The van der Waals surface area contributed by atoms with E-state index in [9.17, 15) is 5.11 Å². The molecule has 1 N–H and O–H groups in total. The molecule has 1 aromatic heterocycles. The van der Waals surface area contributed by atoms with Crippen molar-refractivity contribution in [2.24, 2.45) is 28.6 Å². The van der Waals surface area contributed by atoms with Crippen LogP contribution in [0.2, 0.25) is 0 Å². The van der Waals surface area contributed by atoms with E-state index in [4.69, 9.17) is 0 Å². The first kappa shape index (κ1) is 16.1. The van der Waals surface area contributed by atoms with Crippen LogP contribution in [0.25, 0.3) is 5.57 Å². The van der Waals surface area contributed by atoms with Crippen molar-refractivity contribution >= 4 is 5.57 Å². The molecule has 0 aliphatic heterocycles. The Labute approximate surface area is 151 Å². The number of allylic oxidation sites excluding steroid dienone is 2. The summed E-state index contributed by atoms with van der Waals surface area (Å²) in [6, 6.07) is 4.39. The average molecular weight is 338 g/mol. The molecule has 5 rings (SSSR count). The molecule has 1 aromatic rings. The minimum Gasteiger partial charge on any atom is -0.390 e. The van der Waals surface area contributed by atoms with Gasteiger partial charge in [0.05, 0.1) is 5.60 Å². The topological polar surface area (TPSA) is 33.1 Å².